The lowest BCUT2D eigenvalue weighted by Crippen LogP contribution is -2.21. The first-order valence-electron chi connectivity index (χ1n) is 6.39. The second kappa shape index (κ2) is 6.30. The molecule has 0 unspecified atom stereocenters. The fraction of sp³-hybridized carbons (Fsp3) is 0.429. The van der Waals surface area contributed by atoms with Gasteiger partial charge in [-0.1, -0.05) is 31.3 Å². The molecule has 2 aromatic heterocycles. The van der Waals surface area contributed by atoms with Gasteiger partial charge in [0, 0.05) is 11.4 Å². The molecule has 0 aliphatic carbocycles. The highest BCUT2D eigenvalue weighted by Gasteiger charge is 2.17. The number of hydrogen-bond donors (Lipinski definition) is 0. The minimum Gasteiger partial charge on any atom is -0.343 e. The highest BCUT2D eigenvalue weighted by atomic mass is 32.1. The second-order valence-corrected chi connectivity index (χ2v) is 6.65. The van der Waals surface area contributed by atoms with E-state index in [0.717, 1.165) is 35.1 Å². The van der Waals surface area contributed by atoms with Gasteiger partial charge in [0.15, 0.2) is 11.4 Å². The van der Waals surface area contributed by atoms with E-state index in [4.69, 9.17) is 0 Å². The minimum atomic E-state index is 0.283. The third kappa shape index (κ3) is 3.22. The Morgan fingerprint density at radius 1 is 1.47 bits per heavy atom. The molecule has 0 amide bonds. The maximum Gasteiger partial charge on any atom is 0.186 e. The van der Waals surface area contributed by atoms with E-state index in [1.165, 1.54) is 16.2 Å². The number of rotatable bonds is 6. The van der Waals surface area contributed by atoms with Crippen molar-refractivity contribution >= 4 is 34.1 Å². The van der Waals surface area contributed by atoms with Crippen LogP contribution in [0.4, 0.5) is 5.13 Å². The molecule has 102 valence electrons. The largest absolute Gasteiger partial charge is 0.343 e. The summed E-state index contributed by atoms with van der Waals surface area (Å²) in [4.78, 5) is 20.1. The number of aromatic nitrogens is 1. The van der Waals surface area contributed by atoms with Gasteiger partial charge in [-0.15, -0.1) is 11.3 Å². The molecule has 0 bridgehead atoms. The third-order valence-electron chi connectivity index (χ3n) is 2.90. The van der Waals surface area contributed by atoms with E-state index < -0.39 is 0 Å². The fourth-order valence-electron chi connectivity index (χ4n) is 1.87. The van der Waals surface area contributed by atoms with Gasteiger partial charge >= 0.3 is 0 Å². The Hall–Kier alpha value is -1.20. The van der Waals surface area contributed by atoms with E-state index in [2.05, 4.69) is 48.2 Å². The van der Waals surface area contributed by atoms with E-state index in [0.29, 0.717) is 0 Å². The van der Waals surface area contributed by atoms with E-state index in [9.17, 15) is 4.79 Å². The highest BCUT2D eigenvalue weighted by molar-refractivity contribution is 7.17. The summed E-state index contributed by atoms with van der Waals surface area (Å²) in [7, 11) is 0. The van der Waals surface area contributed by atoms with Crippen LogP contribution in [0, 0.1) is 0 Å². The molecule has 0 saturated heterocycles. The van der Waals surface area contributed by atoms with Crippen LogP contribution in [0.5, 0.6) is 0 Å². The molecule has 0 aliphatic heterocycles. The van der Waals surface area contributed by atoms with Gasteiger partial charge in [0.2, 0.25) is 0 Å². The second-order valence-electron chi connectivity index (χ2n) is 4.61. The SMILES string of the molecule is CCN(Cc1cccs1)c1nc(C(C)C)c(C=O)s1. The molecule has 5 heteroatoms. The lowest BCUT2D eigenvalue weighted by molar-refractivity contribution is 0.112. The Morgan fingerprint density at radius 2 is 2.26 bits per heavy atom. The van der Waals surface area contributed by atoms with Crippen molar-refractivity contribution in [3.8, 4) is 0 Å². The molecule has 0 atom stereocenters. The number of hydrogen-bond acceptors (Lipinski definition) is 5. The van der Waals surface area contributed by atoms with Crippen LogP contribution >= 0.6 is 22.7 Å². The summed E-state index contributed by atoms with van der Waals surface area (Å²) in [6.07, 6.45) is 0.926. The molecule has 2 heterocycles. The first kappa shape index (κ1) is 14.2. The molecule has 0 radical (unpaired) electrons. The molecule has 0 saturated carbocycles. The van der Waals surface area contributed by atoms with Gasteiger partial charge < -0.3 is 4.90 Å². The number of thiazole rings is 1. The monoisotopic (exact) mass is 294 g/mol. The fourth-order valence-corrected chi connectivity index (χ4v) is 3.69. The van der Waals surface area contributed by atoms with Gasteiger partial charge in [-0.25, -0.2) is 4.98 Å². The third-order valence-corrected chi connectivity index (χ3v) is 4.82. The predicted octanol–water partition coefficient (Wildman–Crippen LogP) is 4.17. The van der Waals surface area contributed by atoms with Crippen LogP contribution in [0.1, 0.15) is 46.9 Å². The summed E-state index contributed by atoms with van der Waals surface area (Å²) < 4.78 is 0. The summed E-state index contributed by atoms with van der Waals surface area (Å²) >= 11 is 3.24. The number of carbonyl (C=O) groups excluding carboxylic acids is 1. The van der Waals surface area contributed by atoms with Crippen molar-refractivity contribution in [1.29, 1.82) is 0 Å². The summed E-state index contributed by atoms with van der Waals surface area (Å²) in [5.74, 6) is 0.283. The molecule has 19 heavy (non-hydrogen) atoms. The standard InChI is InChI=1S/C14H18N2OS2/c1-4-16(8-11-6-5-7-18-11)14-15-13(10(2)3)12(9-17)19-14/h5-7,9-10H,4,8H2,1-3H3. The van der Waals surface area contributed by atoms with Crippen molar-refractivity contribution in [3.05, 3.63) is 33.0 Å². The van der Waals surface area contributed by atoms with Gasteiger partial charge in [0.25, 0.3) is 0 Å². The van der Waals surface area contributed by atoms with E-state index >= 15 is 0 Å². The lowest BCUT2D eigenvalue weighted by Gasteiger charge is -2.18. The molecule has 2 aromatic rings. The van der Waals surface area contributed by atoms with Crippen LogP contribution in [-0.2, 0) is 6.54 Å². The zero-order valence-corrected chi connectivity index (χ0v) is 13.1. The zero-order chi connectivity index (χ0) is 13.8. The van der Waals surface area contributed by atoms with Crippen molar-refractivity contribution in [2.24, 2.45) is 0 Å². The Kier molecular flexibility index (Phi) is 4.71. The van der Waals surface area contributed by atoms with Crippen molar-refractivity contribution in [2.75, 3.05) is 11.4 Å². The lowest BCUT2D eigenvalue weighted by atomic mass is 10.1. The van der Waals surface area contributed by atoms with Gasteiger partial charge in [-0.3, -0.25) is 4.79 Å². The van der Waals surface area contributed by atoms with Crippen molar-refractivity contribution in [2.45, 2.75) is 33.2 Å². The van der Waals surface area contributed by atoms with E-state index in [1.807, 2.05) is 0 Å². The minimum absolute atomic E-state index is 0.283. The van der Waals surface area contributed by atoms with E-state index in [1.54, 1.807) is 11.3 Å². The van der Waals surface area contributed by atoms with Crippen molar-refractivity contribution in [3.63, 3.8) is 0 Å². The van der Waals surface area contributed by atoms with Crippen LogP contribution in [0.15, 0.2) is 17.5 Å². The molecule has 2 rings (SSSR count). The molecule has 0 aromatic carbocycles. The topological polar surface area (TPSA) is 33.2 Å². The number of thiophene rings is 1. The molecule has 3 nitrogen and oxygen atoms in total. The maximum atomic E-state index is 11.1. The summed E-state index contributed by atoms with van der Waals surface area (Å²) in [6, 6.07) is 4.19. The number of nitrogens with zero attached hydrogens (tertiary/aromatic N) is 2. The van der Waals surface area contributed by atoms with Gasteiger partial charge in [0.1, 0.15) is 0 Å². The van der Waals surface area contributed by atoms with Crippen LogP contribution in [0.3, 0.4) is 0 Å². The number of aldehydes is 1. The average Bonchev–Trinajstić information content (AvgIpc) is 3.04. The van der Waals surface area contributed by atoms with Crippen LogP contribution < -0.4 is 4.90 Å². The summed E-state index contributed by atoms with van der Waals surface area (Å²) in [5.41, 5.74) is 0.916. The normalized spacial score (nSPS) is 10.9. The summed E-state index contributed by atoms with van der Waals surface area (Å²) in [5, 5.41) is 3.03. The van der Waals surface area contributed by atoms with Crippen molar-refractivity contribution in [1.82, 2.24) is 4.98 Å². The number of carbonyl (C=O) groups is 1. The molecule has 0 fully saturated rings. The molecular formula is C14H18N2OS2. The van der Waals surface area contributed by atoms with Gasteiger partial charge in [-0.05, 0) is 24.3 Å². The molecule has 0 N–H and O–H groups in total. The average molecular weight is 294 g/mol. The molecule has 0 spiro atoms. The summed E-state index contributed by atoms with van der Waals surface area (Å²) in [6.45, 7) is 8.01. The van der Waals surface area contributed by atoms with Crippen LogP contribution in [0.2, 0.25) is 0 Å². The predicted molar refractivity (Wildman–Crippen MR) is 82.6 cm³/mol. The number of anilines is 1. The first-order valence-corrected chi connectivity index (χ1v) is 8.08. The first-order chi connectivity index (χ1) is 9.15. The van der Waals surface area contributed by atoms with Crippen LogP contribution in [0.25, 0.3) is 0 Å². The van der Waals surface area contributed by atoms with Gasteiger partial charge in [-0.2, -0.15) is 0 Å². The molecular weight excluding hydrogens is 276 g/mol. The quantitative estimate of drug-likeness (QED) is 0.750. The maximum absolute atomic E-state index is 11.1. The zero-order valence-electron chi connectivity index (χ0n) is 11.4. The van der Waals surface area contributed by atoms with Crippen LogP contribution in [-0.4, -0.2) is 17.8 Å². The Bertz CT molecular complexity index is 532. The molecule has 0 aliphatic rings. The van der Waals surface area contributed by atoms with Crippen molar-refractivity contribution < 1.29 is 4.79 Å². The Labute approximate surface area is 121 Å². The highest BCUT2D eigenvalue weighted by Crippen LogP contribution is 2.30. The Balaban J connectivity index is 2.25. The van der Waals surface area contributed by atoms with E-state index in [-0.39, 0.29) is 5.92 Å². The smallest absolute Gasteiger partial charge is 0.186 e. The Morgan fingerprint density at radius 3 is 2.74 bits per heavy atom. The van der Waals surface area contributed by atoms with Gasteiger partial charge in [0.05, 0.1) is 17.1 Å².